The summed E-state index contributed by atoms with van der Waals surface area (Å²) in [6.07, 6.45) is 11.7. The number of carbonyl (C=O) groups is 1. The Hall–Kier alpha value is -0.370. The van der Waals surface area contributed by atoms with E-state index in [0.717, 1.165) is 61.7 Å². The fraction of sp³-hybridized carbons (Fsp3) is 0.955. The molecule has 0 radical (unpaired) electrons. The smallest absolute Gasteiger partial charge is 0.142 e. The normalized spacial score (nSPS) is 58.5. The third-order valence-electron chi connectivity index (χ3n) is 9.27. The zero-order chi connectivity index (χ0) is 16.7. The molecule has 0 heterocycles. The Bertz CT molecular complexity index is 556. The largest absolute Gasteiger partial charge is 0.390 e. The first-order chi connectivity index (χ1) is 11.5. The van der Waals surface area contributed by atoms with E-state index in [1.165, 1.54) is 32.1 Å². The van der Waals surface area contributed by atoms with Gasteiger partial charge in [-0.25, -0.2) is 0 Å². The summed E-state index contributed by atoms with van der Waals surface area (Å²) in [6.45, 7) is 4.52. The van der Waals surface area contributed by atoms with Gasteiger partial charge >= 0.3 is 0 Å². The summed E-state index contributed by atoms with van der Waals surface area (Å²) in [7, 11) is 0. The van der Waals surface area contributed by atoms with Gasteiger partial charge in [-0.15, -0.1) is 0 Å². The summed E-state index contributed by atoms with van der Waals surface area (Å²) in [5.41, 5.74) is -0.323. The molecule has 2 heteroatoms. The van der Waals surface area contributed by atoms with Crippen LogP contribution in [0, 0.1) is 46.8 Å². The van der Waals surface area contributed by atoms with Crippen LogP contribution in [0.5, 0.6) is 0 Å². The zero-order valence-corrected chi connectivity index (χ0v) is 15.5. The van der Waals surface area contributed by atoms with Crippen molar-refractivity contribution in [2.75, 3.05) is 0 Å². The number of rotatable bonds is 2. The number of fused-ring (bicyclic) bond motifs is 7. The molecule has 0 aromatic rings. The van der Waals surface area contributed by atoms with Crippen LogP contribution in [-0.2, 0) is 4.79 Å². The number of aliphatic hydroxyl groups is 1. The third kappa shape index (κ3) is 2.01. The highest BCUT2D eigenvalue weighted by Gasteiger charge is 2.69. The van der Waals surface area contributed by atoms with Gasteiger partial charge in [-0.2, -0.15) is 0 Å². The minimum absolute atomic E-state index is 0.0409. The van der Waals surface area contributed by atoms with E-state index in [0.29, 0.717) is 17.6 Å². The molecule has 0 aromatic carbocycles. The van der Waals surface area contributed by atoms with Crippen molar-refractivity contribution >= 4 is 5.78 Å². The standard InChI is InChI=1S/C22H34O2/c1-3-8-22(24)10-7-14-13(12-22)4-5-16-15(14)6-9-21(2)19(16)17-11-18(17)20(21)23/h13-19,24H,3-12H2,1-2H3/t13-,14+,15-,16-,17-,18+,19-,21+,22-/m1/s1. The van der Waals surface area contributed by atoms with E-state index in [2.05, 4.69) is 13.8 Å². The Morgan fingerprint density at radius 1 is 1.04 bits per heavy atom. The molecule has 1 N–H and O–H groups in total. The van der Waals surface area contributed by atoms with Crippen LogP contribution in [0.3, 0.4) is 0 Å². The Labute approximate surface area is 146 Å². The number of Topliss-reactive ketones (excluding diaryl/α,β-unsaturated/α-hetero) is 1. The van der Waals surface area contributed by atoms with E-state index < -0.39 is 0 Å². The number of carbonyl (C=O) groups excluding carboxylic acids is 1. The van der Waals surface area contributed by atoms with Gasteiger partial charge in [-0.3, -0.25) is 4.79 Å². The summed E-state index contributed by atoms with van der Waals surface area (Å²) < 4.78 is 0. The number of hydrogen-bond donors (Lipinski definition) is 1. The molecule has 5 aliphatic carbocycles. The van der Waals surface area contributed by atoms with Crippen LogP contribution in [0.25, 0.3) is 0 Å². The van der Waals surface area contributed by atoms with Crippen molar-refractivity contribution in [1.29, 1.82) is 0 Å². The van der Waals surface area contributed by atoms with Gasteiger partial charge in [0.1, 0.15) is 5.78 Å². The number of ketones is 1. The van der Waals surface area contributed by atoms with Crippen molar-refractivity contribution in [2.24, 2.45) is 46.8 Å². The van der Waals surface area contributed by atoms with Crippen LogP contribution in [0.1, 0.15) is 78.1 Å². The van der Waals surface area contributed by atoms with E-state index in [4.69, 9.17) is 0 Å². The van der Waals surface area contributed by atoms with Gasteiger partial charge in [0.2, 0.25) is 0 Å². The van der Waals surface area contributed by atoms with Gasteiger partial charge in [-0.1, -0.05) is 20.3 Å². The maximum absolute atomic E-state index is 12.8. The minimum atomic E-state index is -0.364. The molecule has 9 atom stereocenters. The predicted molar refractivity (Wildman–Crippen MR) is 94.3 cm³/mol. The molecular formula is C22H34O2. The van der Waals surface area contributed by atoms with Crippen LogP contribution in [0.4, 0.5) is 0 Å². The van der Waals surface area contributed by atoms with Gasteiger partial charge in [0, 0.05) is 11.3 Å². The molecule has 0 bridgehead atoms. The fourth-order valence-electron chi connectivity index (χ4n) is 8.32. The first-order valence-corrected chi connectivity index (χ1v) is 10.7. The topological polar surface area (TPSA) is 37.3 Å². The van der Waals surface area contributed by atoms with E-state index in [1.807, 2.05) is 0 Å². The first kappa shape index (κ1) is 15.9. The average molecular weight is 331 g/mol. The molecule has 24 heavy (non-hydrogen) atoms. The molecule has 5 rings (SSSR count). The number of hydrogen-bond acceptors (Lipinski definition) is 2. The lowest BCUT2D eigenvalue weighted by molar-refractivity contribution is -0.139. The lowest BCUT2D eigenvalue weighted by Gasteiger charge is -2.56. The molecule has 0 spiro atoms. The lowest BCUT2D eigenvalue weighted by atomic mass is 9.49. The highest BCUT2D eigenvalue weighted by Crippen LogP contribution is 2.70. The van der Waals surface area contributed by atoms with Crippen LogP contribution in [-0.4, -0.2) is 16.5 Å². The summed E-state index contributed by atoms with van der Waals surface area (Å²) in [5, 5.41) is 10.9. The monoisotopic (exact) mass is 330 g/mol. The van der Waals surface area contributed by atoms with Gasteiger partial charge in [-0.05, 0) is 93.3 Å². The van der Waals surface area contributed by atoms with Crippen LogP contribution < -0.4 is 0 Å². The van der Waals surface area contributed by atoms with Crippen molar-refractivity contribution < 1.29 is 9.90 Å². The maximum Gasteiger partial charge on any atom is 0.142 e. The lowest BCUT2D eigenvalue weighted by Crippen LogP contribution is -2.52. The highest BCUT2D eigenvalue weighted by molar-refractivity contribution is 5.92. The van der Waals surface area contributed by atoms with E-state index in [-0.39, 0.29) is 11.0 Å². The second kappa shape index (κ2) is 5.09. The minimum Gasteiger partial charge on any atom is -0.390 e. The van der Waals surface area contributed by atoms with Crippen LogP contribution >= 0.6 is 0 Å². The molecule has 5 saturated carbocycles. The molecule has 0 unspecified atom stereocenters. The van der Waals surface area contributed by atoms with Gasteiger partial charge in [0.25, 0.3) is 0 Å². The van der Waals surface area contributed by atoms with Crippen LogP contribution in [0.2, 0.25) is 0 Å². The second-order valence-corrected chi connectivity index (χ2v) is 10.4. The average Bonchev–Trinajstić information content (AvgIpc) is 3.29. The Morgan fingerprint density at radius 2 is 1.83 bits per heavy atom. The molecule has 134 valence electrons. The molecule has 5 fully saturated rings. The fourth-order valence-corrected chi connectivity index (χ4v) is 8.32. The molecule has 0 aliphatic heterocycles. The van der Waals surface area contributed by atoms with Gasteiger partial charge in [0.15, 0.2) is 0 Å². The molecule has 0 amide bonds. The summed E-state index contributed by atoms with van der Waals surface area (Å²) in [5.74, 6) is 5.85. The Kier molecular flexibility index (Phi) is 3.36. The van der Waals surface area contributed by atoms with E-state index in [1.54, 1.807) is 0 Å². The summed E-state index contributed by atoms with van der Waals surface area (Å²) in [6, 6.07) is 0. The van der Waals surface area contributed by atoms with Crippen molar-refractivity contribution in [3.8, 4) is 0 Å². The predicted octanol–water partition coefficient (Wildman–Crippen LogP) is 4.60. The molecule has 2 nitrogen and oxygen atoms in total. The summed E-state index contributed by atoms with van der Waals surface area (Å²) in [4.78, 5) is 12.8. The van der Waals surface area contributed by atoms with Gasteiger partial charge < -0.3 is 5.11 Å². The highest BCUT2D eigenvalue weighted by atomic mass is 16.3. The van der Waals surface area contributed by atoms with Crippen molar-refractivity contribution in [3.63, 3.8) is 0 Å². The Morgan fingerprint density at radius 3 is 2.62 bits per heavy atom. The molecule has 0 saturated heterocycles. The third-order valence-corrected chi connectivity index (χ3v) is 9.27. The van der Waals surface area contributed by atoms with Crippen LogP contribution in [0.15, 0.2) is 0 Å². The van der Waals surface area contributed by atoms with Crippen molar-refractivity contribution in [2.45, 2.75) is 83.7 Å². The van der Waals surface area contributed by atoms with Gasteiger partial charge in [0.05, 0.1) is 5.60 Å². The Balaban J connectivity index is 1.37. The maximum atomic E-state index is 12.8. The first-order valence-electron chi connectivity index (χ1n) is 10.7. The van der Waals surface area contributed by atoms with Crippen molar-refractivity contribution in [3.05, 3.63) is 0 Å². The summed E-state index contributed by atoms with van der Waals surface area (Å²) >= 11 is 0. The SMILES string of the molecule is CCC[C@@]1(O)CC[C@H]2[C@H](CC[C@@H]3[C@@H]2CC[C@]2(C)C(=O)[C@H]4C[C@H]4[C@@H]32)C1. The molecular weight excluding hydrogens is 296 g/mol. The van der Waals surface area contributed by atoms with E-state index in [9.17, 15) is 9.90 Å². The molecule has 5 aliphatic rings. The molecule has 0 aromatic heterocycles. The second-order valence-electron chi connectivity index (χ2n) is 10.4. The zero-order valence-electron chi connectivity index (χ0n) is 15.5. The van der Waals surface area contributed by atoms with E-state index >= 15 is 0 Å². The van der Waals surface area contributed by atoms with Crippen molar-refractivity contribution in [1.82, 2.24) is 0 Å². The quantitative estimate of drug-likeness (QED) is 0.803.